The van der Waals surface area contributed by atoms with Gasteiger partial charge in [0.15, 0.2) is 0 Å². The molecule has 0 aliphatic rings. The fraction of sp³-hybridized carbons (Fsp3) is 0.667. The van der Waals surface area contributed by atoms with Crippen molar-refractivity contribution in [1.82, 2.24) is 8.75 Å². The largest absolute Gasteiger partial charge is 1.00 e. The van der Waals surface area contributed by atoms with Crippen molar-refractivity contribution in [3.05, 3.63) is 20.0 Å². The van der Waals surface area contributed by atoms with Crippen LogP contribution < -0.4 is 56.1 Å². The van der Waals surface area contributed by atoms with Crippen molar-refractivity contribution in [1.29, 1.82) is 0 Å². The predicted molar refractivity (Wildman–Crippen MR) is 82.3 cm³/mol. The van der Waals surface area contributed by atoms with Crippen molar-refractivity contribution >= 4 is 17.7 Å². The van der Waals surface area contributed by atoms with E-state index in [1.54, 1.807) is 0 Å². The first-order chi connectivity index (χ1) is 9.74. The zero-order valence-electron chi connectivity index (χ0n) is 13.4. The summed E-state index contributed by atoms with van der Waals surface area (Å²) >= 11 is 0.984. The van der Waals surface area contributed by atoms with Gasteiger partial charge in [-0.05, 0) is 6.42 Å². The Bertz CT molecular complexity index is 319. The van der Waals surface area contributed by atoms with Gasteiger partial charge in [-0.3, -0.25) is 11.0 Å². The van der Waals surface area contributed by atoms with Gasteiger partial charge in [0.05, 0.1) is 5.88 Å². The number of ether oxygens (including phenoxy) is 1. The molecule has 1 heterocycles. The number of esters is 1. The van der Waals surface area contributed by atoms with Crippen LogP contribution in [0.2, 0.25) is 0 Å². The Morgan fingerprint density at radius 1 is 1.19 bits per heavy atom. The standard InChI is InChI=1S/C10H15N2O2S.C5H10.K/c1-2-3-4-5-6-7-10(13)14-9-8-11-15-12-9;1-3-5-4-2;/h2-7H2,1H3;1-5H2;/q-1;-2;+1. The van der Waals surface area contributed by atoms with Gasteiger partial charge in [0.1, 0.15) is 0 Å². The molecule has 0 saturated heterocycles. The zero-order chi connectivity index (χ0) is 15.1. The molecule has 116 valence electrons. The molecular formula is C15H25KN2O2S-2. The van der Waals surface area contributed by atoms with E-state index >= 15 is 0 Å². The Kier molecular flexibility index (Phi) is 21.3. The summed E-state index contributed by atoms with van der Waals surface area (Å²) in [7, 11) is 0. The Hall–Kier alpha value is 0.666. The van der Waals surface area contributed by atoms with Crippen molar-refractivity contribution in [2.75, 3.05) is 0 Å². The van der Waals surface area contributed by atoms with Crippen LogP contribution in [0.25, 0.3) is 0 Å². The van der Waals surface area contributed by atoms with Gasteiger partial charge in [-0.15, -0.1) is 6.42 Å². The zero-order valence-corrected chi connectivity index (χ0v) is 17.3. The van der Waals surface area contributed by atoms with Gasteiger partial charge in [-0.25, -0.2) is 0 Å². The van der Waals surface area contributed by atoms with E-state index in [0.29, 0.717) is 6.42 Å². The smallest absolute Gasteiger partial charge is 0.443 e. The molecule has 1 rings (SSSR count). The summed E-state index contributed by atoms with van der Waals surface area (Å²) in [6.07, 6.45) is 11.8. The summed E-state index contributed by atoms with van der Waals surface area (Å²) in [5.41, 5.74) is 0. The quantitative estimate of drug-likeness (QED) is 0.296. The molecule has 0 fully saturated rings. The number of aromatic nitrogens is 2. The van der Waals surface area contributed by atoms with E-state index in [2.05, 4.69) is 35.7 Å². The third-order valence-electron chi connectivity index (χ3n) is 2.50. The Morgan fingerprint density at radius 2 is 1.86 bits per heavy atom. The molecule has 0 amide bonds. The van der Waals surface area contributed by atoms with Crippen molar-refractivity contribution < 1.29 is 60.9 Å². The van der Waals surface area contributed by atoms with Crippen LogP contribution in [-0.2, 0) is 4.79 Å². The number of carbonyl (C=O) groups excluding carboxylic acids is 1. The van der Waals surface area contributed by atoms with Crippen LogP contribution in [0.5, 0.6) is 5.88 Å². The molecule has 0 atom stereocenters. The maximum Gasteiger partial charge on any atom is 1.00 e. The molecule has 0 spiro atoms. The number of hydrogen-bond acceptors (Lipinski definition) is 5. The molecule has 0 aromatic carbocycles. The molecular weight excluding hydrogens is 311 g/mol. The molecule has 0 aliphatic carbocycles. The van der Waals surface area contributed by atoms with Gasteiger partial charge >= 0.3 is 57.4 Å². The van der Waals surface area contributed by atoms with Crippen molar-refractivity contribution in [2.24, 2.45) is 0 Å². The molecule has 0 bridgehead atoms. The second kappa shape index (κ2) is 18.7. The first-order valence-corrected chi connectivity index (χ1v) is 7.97. The van der Waals surface area contributed by atoms with E-state index in [-0.39, 0.29) is 63.2 Å². The fourth-order valence-electron chi connectivity index (χ4n) is 1.39. The van der Waals surface area contributed by atoms with E-state index in [9.17, 15) is 4.79 Å². The topological polar surface area (TPSA) is 52.1 Å². The monoisotopic (exact) mass is 336 g/mol. The van der Waals surface area contributed by atoms with Crippen molar-refractivity contribution in [3.63, 3.8) is 0 Å². The third-order valence-corrected chi connectivity index (χ3v) is 2.92. The maximum atomic E-state index is 11.2. The van der Waals surface area contributed by atoms with Crippen LogP contribution in [0.4, 0.5) is 0 Å². The minimum Gasteiger partial charge on any atom is -0.443 e. The molecule has 0 radical (unpaired) electrons. The molecule has 0 unspecified atom stereocenters. The van der Waals surface area contributed by atoms with E-state index in [1.807, 2.05) is 0 Å². The summed E-state index contributed by atoms with van der Waals surface area (Å²) < 4.78 is 12.3. The molecule has 1 aromatic rings. The average Bonchev–Trinajstić information content (AvgIpc) is 2.93. The number of nitrogens with zero attached hydrogens (tertiary/aromatic N) is 2. The van der Waals surface area contributed by atoms with Crippen LogP contribution in [0.15, 0.2) is 0 Å². The number of hydrogen-bond donors (Lipinski definition) is 0. The maximum absolute atomic E-state index is 11.2. The minimum absolute atomic E-state index is 0. The SMILES string of the molecule is CCCCCCCC(=O)Oc1[c-]nsn1.[CH2-]CCC[CH2-].[K+]. The normalized spacial score (nSPS) is 9.29. The molecule has 6 heteroatoms. The fourth-order valence-corrected chi connectivity index (χ4v) is 1.70. The Balaban J connectivity index is 0. The third kappa shape index (κ3) is 16.9. The Morgan fingerprint density at radius 3 is 2.33 bits per heavy atom. The number of unbranched alkanes of at least 4 members (excludes halogenated alkanes) is 6. The summed E-state index contributed by atoms with van der Waals surface area (Å²) in [5, 5.41) is 0. The first kappa shape index (κ1) is 23.9. The first-order valence-electron chi connectivity index (χ1n) is 7.24. The minimum atomic E-state index is -0.240. The van der Waals surface area contributed by atoms with Crippen LogP contribution in [0.1, 0.15) is 64.7 Å². The van der Waals surface area contributed by atoms with Gasteiger partial charge in [0.25, 0.3) is 0 Å². The molecule has 4 nitrogen and oxygen atoms in total. The van der Waals surface area contributed by atoms with E-state index < -0.39 is 0 Å². The van der Waals surface area contributed by atoms with Crippen molar-refractivity contribution in [3.8, 4) is 5.88 Å². The van der Waals surface area contributed by atoms with Crippen LogP contribution in [0.3, 0.4) is 0 Å². The van der Waals surface area contributed by atoms with Gasteiger partial charge in [-0.1, -0.05) is 32.6 Å². The Labute approximate surface area is 176 Å². The number of rotatable bonds is 9. The molecule has 1 aromatic heterocycles. The number of carbonyl (C=O) groups is 1. The van der Waals surface area contributed by atoms with Gasteiger partial charge < -0.3 is 23.0 Å². The molecule has 0 N–H and O–H groups in total. The summed E-state index contributed by atoms with van der Waals surface area (Å²) in [5.74, 6) is -0.0472. The summed E-state index contributed by atoms with van der Waals surface area (Å²) in [4.78, 5) is 11.2. The van der Waals surface area contributed by atoms with Crippen molar-refractivity contribution in [2.45, 2.75) is 64.7 Å². The summed E-state index contributed by atoms with van der Waals surface area (Å²) in [6, 6.07) is 0. The van der Waals surface area contributed by atoms with Crippen LogP contribution in [-0.4, -0.2) is 14.7 Å². The van der Waals surface area contributed by atoms with Crippen LogP contribution >= 0.6 is 11.7 Å². The second-order valence-electron chi connectivity index (χ2n) is 4.38. The second-order valence-corrected chi connectivity index (χ2v) is 4.91. The van der Waals surface area contributed by atoms with E-state index in [4.69, 9.17) is 4.74 Å². The predicted octanol–water partition coefficient (Wildman–Crippen LogP) is 1.43. The molecule has 0 saturated carbocycles. The average molecular weight is 337 g/mol. The van der Waals surface area contributed by atoms with E-state index in [1.165, 1.54) is 25.7 Å². The van der Waals surface area contributed by atoms with Gasteiger partial charge in [0.2, 0.25) is 0 Å². The molecule has 21 heavy (non-hydrogen) atoms. The van der Waals surface area contributed by atoms with Gasteiger partial charge in [-0.2, -0.15) is 17.2 Å². The van der Waals surface area contributed by atoms with E-state index in [0.717, 1.165) is 37.4 Å². The van der Waals surface area contributed by atoms with Gasteiger partial charge in [0, 0.05) is 18.1 Å². The van der Waals surface area contributed by atoms with Crippen LogP contribution in [0, 0.1) is 20.0 Å². The molecule has 0 aliphatic heterocycles. The summed E-state index contributed by atoms with van der Waals surface area (Å²) in [6.45, 7) is 9.44.